The molecule has 0 radical (unpaired) electrons. The third-order valence-electron chi connectivity index (χ3n) is 3.10. The molecule has 0 aliphatic carbocycles. The van der Waals surface area contributed by atoms with Gasteiger partial charge in [-0.1, -0.05) is 12.1 Å². The molecule has 20 heavy (non-hydrogen) atoms. The second kappa shape index (κ2) is 5.52. The van der Waals surface area contributed by atoms with Gasteiger partial charge in [0.25, 0.3) is 0 Å². The molecule has 0 saturated carbocycles. The number of nitrogens with zero attached hydrogens (tertiary/aromatic N) is 1. The number of nitrogens with two attached hydrogens (primary N) is 1. The highest BCUT2D eigenvalue weighted by Gasteiger charge is 2.13. The summed E-state index contributed by atoms with van der Waals surface area (Å²) in [6, 6.07) is 12.4. The number of para-hydroxylation sites is 2. The van der Waals surface area contributed by atoms with E-state index in [0.29, 0.717) is 0 Å². The summed E-state index contributed by atoms with van der Waals surface area (Å²) in [4.78, 5) is 12.8. The highest BCUT2D eigenvalue weighted by molar-refractivity contribution is 5.94. The largest absolute Gasteiger partial charge is 0.495 e. The first kappa shape index (κ1) is 13.7. The molecular weight excluding hydrogens is 256 g/mol. The molecule has 0 amide bonds. The van der Waals surface area contributed by atoms with E-state index in [1.54, 1.807) is 19.2 Å². The Morgan fingerprint density at radius 1 is 1.25 bits per heavy atom. The quantitative estimate of drug-likeness (QED) is 0.837. The van der Waals surface area contributed by atoms with E-state index in [4.69, 9.17) is 15.6 Å². The van der Waals surface area contributed by atoms with Crippen LogP contribution in [0.4, 0.5) is 17.1 Å². The number of benzene rings is 2. The van der Waals surface area contributed by atoms with E-state index in [2.05, 4.69) is 0 Å². The zero-order valence-electron chi connectivity index (χ0n) is 11.3. The van der Waals surface area contributed by atoms with Crippen LogP contribution in [-0.4, -0.2) is 25.2 Å². The molecule has 2 aromatic carbocycles. The van der Waals surface area contributed by atoms with Crippen LogP contribution in [0, 0.1) is 0 Å². The monoisotopic (exact) mass is 272 g/mol. The van der Waals surface area contributed by atoms with Gasteiger partial charge in [0.2, 0.25) is 0 Å². The molecular formula is C15H16N2O3. The molecule has 104 valence electrons. The lowest BCUT2D eigenvalue weighted by molar-refractivity contribution is 0.0698. The van der Waals surface area contributed by atoms with E-state index < -0.39 is 5.97 Å². The maximum absolute atomic E-state index is 11.0. The number of carbonyl (C=O) groups is 1. The van der Waals surface area contributed by atoms with Crippen molar-refractivity contribution in [1.82, 2.24) is 0 Å². The van der Waals surface area contributed by atoms with Crippen LogP contribution in [0.2, 0.25) is 0 Å². The highest BCUT2D eigenvalue weighted by atomic mass is 16.5. The Labute approximate surface area is 117 Å². The van der Waals surface area contributed by atoms with Gasteiger partial charge in [-0.05, 0) is 30.3 Å². The number of carboxylic acid groups (broad SMARTS) is 1. The number of hydrogen-bond acceptors (Lipinski definition) is 4. The summed E-state index contributed by atoms with van der Waals surface area (Å²) < 4.78 is 5.31. The van der Waals surface area contributed by atoms with Crippen LogP contribution in [0.15, 0.2) is 42.5 Å². The fourth-order valence-corrected chi connectivity index (χ4v) is 2.00. The first-order valence-electron chi connectivity index (χ1n) is 6.04. The number of anilines is 3. The fourth-order valence-electron chi connectivity index (χ4n) is 2.00. The summed E-state index contributed by atoms with van der Waals surface area (Å²) >= 11 is 0. The van der Waals surface area contributed by atoms with Gasteiger partial charge < -0.3 is 20.5 Å². The smallest absolute Gasteiger partial charge is 0.337 e. The van der Waals surface area contributed by atoms with Crippen LogP contribution in [0.3, 0.4) is 0 Å². The van der Waals surface area contributed by atoms with Crippen molar-refractivity contribution in [2.24, 2.45) is 0 Å². The van der Waals surface area contributed by atoms with E-state index in [0.717, 1.165) is 17.1 Å². The van der Waals surface area contributed by atoms with Crippen molar-refractivity contribution in [3.63, 3.8) is 0 Å². The average molecular weight is 272 g/mol. The lowest BCUT2D eigenvalue weighted by Gasteiger charge is -2.22. The molecule has 0 atom stereocenters. The summed E-state index contributed by atoms with van der Waals surface area (Å²) in [6.45, 7) is 0. The predicted molar refractivity (Wildman–Crippen MR) is 78.9 cm³/mol. The zero-order chi connectivity index (χ0) is 14.7. The number of aromatic carboxylic acids is 1. The minimum Gasteiger partial charge on any atom is -0.495 e. The van der Waals surface area contributed by atoms with Gasteiger partial charge >= 0.3 is 5.97 Å². The molecule has 5 nitrogen and oxygen atoms in total. The number of nitrogen functional groups attached to an aromatic ring is 1. The van der Waals surface area contributed by atoms with Crippen LogP contribution in [0.5, 0.6) is 5.75 Å². The number of rotatable bonds is 4. The summed E-state index contributed by atoms with van der Waals surface area (Å²) in [7, 11) is 3.47. The van der Waals surface area contributed by atoms with Crippen molar-refractivity contribution in [2.45, 2.75) is 0 Å². The summed E-state index contributed by atoms with van der Waals surface area (Å²) in [5.74, 6) is -0.301. The Kier molecular flexibility index (Phi) is 3.79. The van der Waals surface area contributed by atoms with Crippen LogP contribution < -0.4 is 15.4 Å². The van der Waals surface area contributed by atoms with Gasteiger partial charge in [0.1, 0.15) is 5.75 Å². The molecule has 0 bridgehead atoms. The molecule has 0 heterocycles. The number of hydrogen-bond donors (Lipinski definition) is 2. The zero-order valence-corrected chi connectivity index (χ0v) is 11.3. The normalized spacial score (nSPS) is 10.1. The van der Waals surface area contributed by atoms with Gasteiger partial charge in [0.15, 0.2) is 0 Å². The molecule has 5 heteroatoms. The Morgan fingerprint density at radius 2 is 1.95 bits per heavy atom. The van der Waals surface area contributed by atoms with Gasteiger partial charge in [-0.15, -0.1) is 0 Å². The predicted octanol–water partition coefficient (Wildman–Crippen LogP) is 2.74. The molecule has 3 N–H and O–H groups in total. The third kappa shape index (κ3) is 2.51. The summed E-state index contributed by atoms with van der Waals surface area (Å²) in [5.41, 5.74) is 7.76. The molecule has 0 spiro atoms. The van der Waals surface area contributed by atoms with E-state index >= 15 is 0 Å². The second-order valence-electron chi connectivity index (χ2n) is 4.31. The van der Waals surface area contributed by atoms with Crippen molar-refractivity contribution in [2.75, 3.05) is 24.8 Å². The fraction of sp³-hybridized carbons (Fsp3) is 0.133. The van der Waals surface area contributed by atoms with Crippen LogP contribution in [0.1, 0.15) is 10.4 Å². The number of carboxylic acids is 1. The second-order valence-corrected chi connectivity index (χ2v) is 4.31. The van der Waals surface area contributed by atoms with E-state index in [-0.39, 0.29) is 11.3 Å². The molecule has 0 aliphatic heterocycles. The molecule has 0 unspecified atom stereocenters. The molecule has 2 aromatic rings. The highest BCUT2D eigenvalue weighted by Crippen LogP contribution is 2.33. The van der Waals surface area contributed by atoms with Crippen LogP contribution in [0.25, 0.3) is 0 Å². The van der Waals surface area contributed by atoms with Crippen molar-refractivity contribution >= 4 is 23.0 Å². The lowest BCUT2D eigenvalue weighted by atomic mass is 10.1. The van der Waals surface area contributed by atoms with E-state index in [9.17, 15) is 4.79 Å². The topological polar surface area (TPSA) is 75.8 Å². The molecule has 0 aromatic heterocycles. The Bertz CT molecular complexity index is 641. The Morgan fingerprint density at radius 3 is 2.55 bits per heavy atom. The van der Waals surface area contributed by atoms with Crippen LogP contribution in [-0.2, 0) is 0 Å². The maximum atomic E-state index is 11.0. The minimum absolute atomic E-state index is 0.0992. The van der Waals surface area contributed by atoms with E-state index in [1.165, 1.54) is 6.07 Å². The summed E-state index contributed by atoms with van der Waals surface area (Å²) in [5, 5.41) is 8.98. The molecule has 2 rings (SSSR count). The van der Waals surface area contributed by atoms with Gasteiger partial charge in [-0.2, -0.15) is 0 Å². The van der Waals surface area contributed by atoms with Gasteiger partial charge in [-0.25, -0.2) is 4.79 Å². The Balaban J connectivity index is 2.41. The standard InChI is InChI=1S/C15H16N2O3/c1-17(13-5-3-4-6-14(13)20-2)10-7-8-11(15(18)19)12(16)9-10/h3-9H,16H2,1-2H3,(H,18,19). The molecule has 0 fully saturated rings. The van der Waals surface area contributed by atoms with Crippen molar-refractivity contribution in [3.8, 4) is 5.75 Å². The number of methoxy groups -OCH3 is 1. The van der Waals surface area contributed by atoms with Crippen molar-refractivity contribution in [3.05, 3.63) is 48.0 Å². The first-order valence-corrected chi connectivity index (χ1v) is 6.04. The van der Waals surface area contributed by atoms with E-state index in [1.807, 2.05) is 36.2 Å². The Hall–Kier alpha value is -2.69. The van der Waals surface area contributed by atoms with Gasteiger partial charge in [0.05, 0.1) is 18.4 Å². The van der Waals surface area contributed by atoms with Crippen molar-refractivity contribution < 1.29 is 14.6 Å². The average Bonchev–Trinajstić information content (AvgIpc) is 2.45. The van der Waals surface area contributed by atoms with Gasteiger partial charge in [0, 0.05) is 18.4 Å². The van der Waals surface area contributed by atoms with Gasteiger partial charge in [-0.3, -0.25) is 0 Å². The maximum Gasteiger partial charge on any atom is 0.337 e. The minimum atomic E-state index is -1.03. The SMILES string of the molecule is COc1ccccc1N(C)c1ccc(C(=O)O)c(N)c1. The summed E-state index contributed by atoms with van der Waals surface area (Å²) in [6.07, 6.45) is 0. The lowest BCUT2D eigenvalue weighted by Crippen LogP contribution is -2.12. The van der Waals surface area contributed by atoms with Crippen LogP contribution >= 0.6 is 0 Å². The third-order valence-corrected chi connectivity index (χ3v) is 3.10. The number of ether oxygens (including phenoxy) is 1. The molecule has 0 saturated heterocycles. The first-order chi connectivity index (χ1) is 9.54. The molecule has 0 aliphatic rings. The van der Waals surface area contributed by atoms with Crippen molar-refractivity contribution in [1.29, 1.82) is 0 Å².